The summed E-state index contributed by atoms with van der Waals surface area (Å²) >= 11 is 0. The van der Waals surface area contributed by atoms with E-state index >= 15 is 0 Å². The standard InChI is InChI=1S/C16H27N3O/c1-5-16(10-20)8-13-6-7-14(16)19(13)9-15-17-11(2)12(3)18(15)4/h13-14,20H,5-10H2,1-4H3/t13-,14+,16-/m0/s1. The highest BCUT2D eigenvalue weighted by Crippen LogP contribution is 2.51. The largest absolute Gasteiger partial charge is 0.396 e. The first-order chi connectivity index (χ1) is 9.52. The van der Waals surface area contributed by atoms with Crippen LogP contribution < -0.4 is 0 Å². The van der Waals surface area contributed by atoms with Crippen molar-refractivity contribution in [3.63, 3.8) is 0 Å². The van der Waals surface area contributed by atoms with Crippen LogP contribution >= 0.6 is 0 Å². The molecule has 3 rings (SSSR count). The number of aromatic nitrogens is 2. The molecule has 2 bridgehead atoms. The summed E-state index contributed by atoms with van der Waals surface area (Å²) in [6.45, 7) is 7.71. The average molecular weight is 277 g/mol. The lowest BCUT2D eigenvalue weighted by Crippen LogP contribution is -2.39. The molecule has 0 aliphatic carbocycles. The molecule has 0 amide bonds. The number of rotatable bonds is 4. The minimum atomic E-state index is 0.137. The van der Waals surface area contributed by atoms with Gasteiger partial charge in [-0.05, 0) is 39.5 Å². The van der Waals surface area contributed by atoms with E-state index in [-0.39, 0.29) is 5.41 Å². The van der Waals surface area contributed by atoms with Gasteiger partial charge in [0.15, 0.2) is 0 Å². The summed E-state index contributed by atoms with van der Waals surface area (Å²) in [5, 5.41) is 9.88. The second-order valence-corrected chi connectivity index (χ2v) is 6.76. The highest BCUT2D eigenvalue weighted by molar-refractivity contribution is 5.15. The zero-order valence-corrected chi connectivity index (χ0v) is 13.2. The highest BCUT2D eigenvalue weighted by atomic mass is 16.3. The lowest BCUT2D eigenvalue weighted by atomic mass is 9.72. The van der Waals surface area contributed by atoms with E-state index in [2.05, 4.69) is 37.3 Å². The molecule has 2 aliphatic rings. The maximum Gasteiger partial charge on any atom is 0.123 e. The van der Waals surface area contributed by atoms with Crippen LogP contribution in [0.2, 0.25) is 0 Å². The fourth-order valence-corrected chi connectivity index (χ4v) is 4.41. The van der Waals surface area contributed by atoms with Crippen LogP contribution in [0.1, 0.15) is 49.8 Å². The van der Waals surface area contributed by atoms with Gasteiger partial charge in [0.1, 0.15) is 5.82 Å². The van der Waals surface area contributed by atoms with Crippen molar-refractivity contribution in [3.8, 4) is 0 Å². The van der Waals surface area contributed by atoms with E-state index in [1.54, 1.807) is 0 Å². The summed E-state index contributed by atoms with van der Waals surface area (Å²) in [5.74, 6) is 1.17. The molecule has 0 saturated carbocycles. The predicted octanol–water partition coefficient (Wildman–Crippen LogP) is 2.16. The minimum absolute atomic E-state index is 0.137. The second kappa shape index (κ2) is 4.85. The van der Waals surface area contributed by atoms with E-state index in [1.807, 2.05) is 0 Å². The van der Waals surface area contributed by atoms with Gasteiger partial charge in [0.05, 0.1) is 18.8 Å². The van der Waals surface area contributed by atoms with Crippen LogP contribution in [0.3, 0.4) is 0 Å². The van der Waals surface area contributed by atoms with Gasteiger partial charge in [-0.1, -0.05) is 6.92 Å². The monoisotopic (exact) mass is 277 g/mol. The molecule has 0 unspecified atom stereocenters. The van der Waals surface area contributed by atoms with Crippen molar-refractivity contribution < 1.29 is 5.11 Å². The maximum absolute atomic E-state index is 9.88. The van der Waals surface area contributed by atoms with Gasteiger partial charge in [-0.2, -0.15) is 0 Å². The van der Waals surface area contributed by atoms with E-state index in [1.165, 1.54) is 24.4 Å². The number of aryl methyl sites for hydroxylation is 1. The molecule has 1 aromatic rings. The summed E-state index contributed by atoms with van der Waals surface area (Å²) in [4.78, 5) is 7.34. The number of aliphatic hydroxyl groups is 1. The summed E-state index contributed by atoms with van der Waals surface area (Å²) in [6.07, 6.45) is 4.77. The van der Waals surface area contributed by atoms with Gasteiger partial charge in [-0.25, -0.2) is 4.98 Å². The Balaban J connectivity index is 1.84. The van der Waals surface area contributed by atoms with Gasteiger partial charge in [-0.15, -0.1) is 0 Å². The SMILES string of the molecule is CC[C@@]1(CO)C[C@@H]2CC[C@H]1N2Cc1nc(C)c(C)n1C. The molecule has 4 heteroatoms. The second-order valence-electron chi connectivity index (χ2n) is 6.76. The molecule has 0 aromatic carbocycles. The number of imidazole rings is 1. The van der Waals surface area contributed by atoms with Gasteiger partial charge in [0.2, 0.25) is 0 Å². The normalized spacial score (nSPS) is 33.2. The third kappa shape index (κ3) is 1.85. The first kappa shape index (κ1) is 14.1. The van der Waals surface area contributed by atoms with Gasteiger partial charge >= 0.3 is 0 Å². The van der Waals surface area contributed by atoms with Crippen LogP contribution in [0.4, 0.5) is 0 Å². The van der Waals surface area contributed by atoms with Crippen molar-refractivity contribution in [1.82, 2.24) is 14.5 Å². The fourth-order valence-electron chi connectivity index (χ4n) is 4.41. The predicted molar refractivity (Wildman–Crippen MR) is 79.5 cm³/mol. The molecule has 112 valence electrons. The quantitative estimate of drug-likeness (QED) is 0.917. The molecule has 1 aromatic heterocycles. The molecule has 1 N–H and O–H groups in total. The zero-order chi connectivity index (χ0) is 14.5. The summed E-state index contributed by atoms with van der Waals surface area (Å²) in [7, 11) is 2.11. The Bertz CT molecular complexity index is 504. The van der Waals surface area contributed by atoms with Crippen molar-refractivity contribution in [3.05, 3.63) is 17.2 Å². The lowest BCUT2D eigenvalue weighted by Gasteiger charge is -2.35. The van der Waals surface area contributed by atoms with Crippen LogP contribution in [0.25, 0.3) is 0 Å². The Hall–Kier alpha value is -0.870. The van der Waals surface area contributed by atoms with E-state index < -0.39 is 0 Å². The molecule has 3 heterocycles. The van der Waals surface area contributed by atoms with Gasteiger partial charge < -0.3 is 9.67 Å². The molecular formula is C16H27N3O. The lowest BCUT2D eigenvalue weighted by molar-refractivity contribution is 0.0706. The smallest absolute Gasteiger partial charge is 0.123 e. The van der Waals surface area contributed by atoms with Crippen molar-refractivity contribution in [2.24, 2.45) is 12.5 Å². The van der Waals surface area contributed by atoms with E-state index in [0.29, 0.717) is 18.7 Å². The number of fused-ring (bicyclic) bond motifs is 2. The minimum Gasteiger partial charge on any atom is -0.396 e. The molecule has 4 nitrogen and oxygen atoms in total. The molecule has 0 spiro atoms. The van der Waals surface area contributed by atoms with Crippen molar-refractivity contribution in [1.29, 1.82) is 0 Å². The first-order valence-electron chi connectivity index (χ1n) is 7.88. The zero-order valence-electron chi connectivity index (χ0n) is 13.2. The van der Waals surface area contributed by atoms with E-state index in [4.69, 9.17) is 4.98 Å². The van der Waals surface area contributed by atoms with Crippen molar-refractivity contribution in [2.45, 2.75) is 65.1 Å². The summed E-state index contributed by atoms with van der Waals surface area (Å²) in [6, 6.07) is 1.18. The third-order valence-corrected chi connectivity index (χ3v) is 6.05. The molecule has 0 radical (unpaired) electrons. The number of hydrogen-bond acceptors (Lipinski definition) is 3. The molecule has 2 saturated heterocycles. The molecule has 2 aliphatic heterocycles. The Morgan fingerprint density at radius 1 is 1.35 bits per heavy atom. The van der Waals surface area contributed by atoms with Crippen LogP contribution in [0.5, 0.6) is 0 Å². The molecule has 3 atom stereocenters. The number of aliphatic hydroxyl groups excluding tert-OH is 1. The Morgan fingerprint density at radius 2 is 2.10 bits per heavy atom. The fraction of sp³-hybridized carbons (Fsp3) is 0.812. The number of hydrogen-bond donors (Lipinski definition) is 1. The van der Waals surface area contributed by atoms with Gasteiger partial charge in [0.25, 0.3) is 0 Å². The van der Waals surface area contributed by atoms with E-state index in [0.717, 1.165) is 25.1 Å². The maximum atomic E-state index is 9.88. The summed E-state index contributed by atoms with van der Waals surface area (Å²) in [5.41, 5.74) is 2.53. The van der Waals surface area contributed by atoms with Crippen molar-refractivity contribution >= 4 is 0 Å². The van der Waals surface area contributed by atoms with Crippen LogP contribution in [0, 0.1) is 19.3 Å². The third-order valence-electron chi connectivity index (χ3n) is 6.05. The highest BCUT2D eigenvalue weighted by Gasteiger charge is 2.54. The average Bonchev–Trinajstić information content (AvgIpc) is 3.06. The Labute approximate surface area is 121 Å². The summed E-state index contributed by atoms with van der Waals surface area (Å²) < 4.78 is 2.22. The first-order valence-corrected chi connectivity index (χ1v) is 7.88. The van der Waals surface area contributed by atoms with Crippen LogP contribution in [-0.2, 0) is 13.6 Å². The van der Waals surface area contributed by atoms with Crippen molar-refractivity contribution in [2.75, 3.05) is 6.61 Å². The van der Waals surface area contributed by atoms with Gasteiger partial charge in [-0.3, -0.25) is 4.90 Å². The topological polar surface area (TPSA) is 41.3 Å². The van der Waals surface area contributed by atoms with Crippen LogP contribution in [0.15, 0.2) is 0 Å². The molecule has 20 heavy (non-hydrogen) atoms. The van der Waals surface area contributed by atoms with Crippen LogP contribution in [-0.4, -0.2) is 38.2 Å². The van der Waals surface area contributed by atoms with E-state index in [9.17, 15) is 5.11 Å². The molecular weight excluding hydrogens is 250 g/mol. The molecule has 2 fully saturated rings. The number of nitrogens with zero attached hydrogens (tertiary/aromatic N) is 3. The van der Waals surface area contributed by atoms with Gasteiger partial charge in [0, 0.05) is 30.2 Å². The Morgan fingerprint density at radius 3 is 2.60 bits per heavy atom. The Kier molecular flexibility index (Phi) is 3.41.